The molecule has 1 atom stereocenters. The fourth-order valence-corrected chi connectivity index (χ4v) is 4.72. The lowest BCUT2D eigenvalue weighted by Crippen LogP contribution is -2.53. The number of nitrogens with zero attached hydrogens (tertiary/aromatic N) is 2. The molecule has 0 spiro atoms. The number of ether oxygens (including phenoxy) is 1. The van der Waals surface area contributed by atoms with Crippen LogP contribution in [0.4, 0.5) is 19.3 Å². The first-order chi connectivity index (χ1) is 15.9. The highest BCUT2D eigenvalue weighted by Crippen LogP contribution is 2.44. The van der Waals surface area contributed by atoms with Crippen molar-refractivity contribution in [1.82, 2.24) is 9.72 Å². The van der Waals surface area contributed by atoms with E-state index in [4.69, 9.17) is 4.74 Å². The lowest BCUT2D eigenvalue weighted by Gasteiger charge is -2.30. The summed E-state index contributed by atoms with van der Waals surface area (Å²) in [6.07, 6.45) is 2.22. The molecule has 3 heterocycles. The molecule has 10 heteroatoms. The lowest BCUT2D eigenvalue weighted by atomic mass is 10.0. The molecule has 1 saturated heterocycles. The van der Waals surface area contributed by atoms with E-state index in [0.717, 1.165) is 23.4 Å². The number of pyridine rings is 2. The van der Waals surface area contributed by atoms with Crippen molar-refractivity contribution in [3.8, 4) is 0 Å². The second kappa shape index (κ2) is 8.25. The van der Waals surface area contributed by atoms with Crippen molar-refractivity contribution < 1.29 is 28.2 Å². The van der Waals surface area contributed by atoms with E-state index in [-0.39, 0.29) is 31.1 Å². The lowest BCUT2D eigenvalue weighted by molar-refractivity contribution is 0.0447. The fraction of sp³-hybridized carbons (Fsp3) is 0.542. The van der Waals surface area contributed by atoms with E-state index in [1.54, 1.807) is 32.6 Å². The Hall–Kier alpha value is -3.17. The third kappa shape index (κ3) is 4.33. The summed E-state index contributed by atoms with van der Waals surface area (Å²) in [5.74, 6) is -1.98. The number of alkyl halides is 1. The van der Waals surface area contributed by atoms with Gasteiger partial charge in [0.1, 0.15) is 17.8 Å². The molecule has 2 N–H and O–H groups in total. The van der Waals surface area contributed by atoms with Gasteiger partial charge in [-0.25, -0.2) is 18.4 Å². The number of halogens is 2. The minimum Gasteiger partial charge on any atom is -0.477 e. The van der Waals surface area contributed by atoms with Gasteiger partial charge in [-0.2, -0.15) is 0 Å². The smallest absolute Gasteiger partial charge is 0.408 e. The van der Waals surface area contributed by atoms with Crippen molar-refractivity contribution in [2.24, 2.45) is 0 Å². The maximum atomic E-state index is 15.4. The molecule has 2 aliphatic rings. The molecule has 0 radical (unpaired) electrons. The number of alkyl carbamates (subject to hydrolysis) is 1. The van der Waals surface area contributed by atoms with Gasteiger partial charge in [0.25, 0.3) is 5.56 Å². The average Bonchev–Trinajstić information content (AvgIpc) is 3.48. The Morgan fingerprint density at radius 3 is 2.56 bits per heavy atom. The zero-order valence-corrected chi connectivity index (χ0v) is 19.7. The van der Waals surface area contributed by atoms with Gasteiger partial charge < -0.3 is 20.1 Å². The first-order valence-electron chi connectivity index (χ1n) is 11.3. The summed E-state index contributed by atoms with van der Waals surface area (Å²) in [6.45, 7) is 6.24. The second-order valence-electron chi connectivity index (χ2n) is 10.3. The van der Waals surface area contributed by atoms with Crippen LogP contribution in [0, 0.1) is 12.7 Å². The normalized spacial score (nSPS) is 20.6. The number of fused-ring (bicyclic) bond motifs is 1. The third-order valence-corrected chi connectivity index (χ3v) is 6.38. The minimum absolute atomic E-state index is 0.0207. The molecule has 1 amide bonds. The molecule has 0 aromatic carbocycles. The SMILES string of the molecule is Cc1c(N2CCC(CF)(NC(=O)OC(C)(C)C)C2)c(F)cn2c(=O)c(C(=O)O)cc(C3CC3)c12. The highest BCUT2D eigenvalue weighted by atomic mass is 19.1. The molecular weight excluding hydrogens is 448 g/mol. The quantitative estimate of drug-likeness (QED) is 0.680. The van der Waals surface area contributed by atoms with Gasteiger partial charge in [0.05, 0.1) is 22.9 Å². The van der Waals surface area contributed by atoms with Crippen molar-refractivity contribution in [2.45, 2.75) is 64.0 Å². The topological polar surface area (TPSA) is 100 Å². The van der Waals surface area contributed by atoms with E-state index in [1.807, 2.05) is 0 Å². The number of carbonyl (C=O) groups excluding carboxylic acids is 1. The maximum Gasteiger partial charge on any atom is 0.408 e. The molecule has 8 nitrogen and oxygen atoms in total. The Bertz CT molecular complexity index is 1230. The molecule has 1 saturated carbocycles. The highest BCUT2D eigenvalue weighted by molar-refractivity contribution is 5.89. The first-order valence-corrected chi connectivity index (χ1v) is 11.3. The molecule has 4 rings (SSSR count). The predicted octanol–water partition coefficient (Wildman–Crippen LogP) is 3.77. The molecule has 2 aromatic rings. The van der Waals surface area contributed by atoms with Gasteiger partial charge in [-0.3, -0.25) is 9.20 Å². The number of nitrogens with one attached hydrogen (secondary N) is 1. The van der Waals surface area contributed by atoms with Crippen LogP contribution >= 0.6 is 0 Å². The van der Waals surface area contributed by atoms with Crippen LogP contribution < -0.4 is 15.8 Å². The zero-order chi connectivity index (χ0) is 25.0. The molecule has 2 aromatic heterocycles. The summed E-state index contributed by atoms with van der Waals surface area (Å²) in [5, 5.41) is 12.1. The van der Waals surface area contributed by atoms with Crippen LogP contribution in [-0.2, 0) is 4.74 Å². The van der Waals surface area contributed by atoms with Gasteiger partial charge in [0.2, 0.25) is 0 Å². The largest absolute Gasteiger partial charge is 0.477 e. The average molecular weight is 478 g/mol. The number of aromatic carboxylic acids is 1. The molecule has 0 bridgehead atoms. The monoisotopic (exact) mass is 477 g/mol. The van der Waals surface area contributed by atoms with Crippen LogP contribution in [0.5, 0.6) is 0 Å². The summed E-state index contributed by atoms with van der Waals surface area (Å²) in [6, 6.07) is 1.40. The highest BCUT2D eigenvalue weighted by Gasteiger charge is 2.42. The molecule has 1 aliphatic heterocycles. The predicted molar refractivity (Wildman–Crippen MR) is 122 cm³/mol. The Balaban J connectivity index is 1.75. The van der Waals surface area contributed by atoms with Gasteiger partial charge in [0.15, 0.2) is 5.82 Å². The molecular formula is C24H29F2N3O5. The van der Waals surface area contributed by atoms with E-state index in [1.165, 1.54) is 6.07 Å². The fourth-order valence-electron chi connectivity index (χ4n) is 4.72. The summed E-state index contributed by atoms with van der Waals surface area (Å²) >= 11 is 0. The number of aryl methyl sites for hydroxylation is 1. The Morgan fingerprint density at radius 2 is 2.00 bits per heavy atom. The Labute approximate surface area is 195 Å². The molecule has 1 unspecified atom stereocenters. The van der Waals surface area contributed by atoms with Crippen LogP contribution in [0.1, 0.15) is 67.4 Å². The summed E-state index contributed by atoms with van der Waals surface area (Å²) in [7, 11) is 0. The number of aromatic nitrogens is 1. The number of carboxylic acid groups (broad SMARTS) is 1. The van der Waals surface area contributed by atoms with Gasteiger partial charge >= 0.3 is 12.1 Å². The number of rotatable bonds is 5. The van der Waals surface area contributed by atoms with Crippen LogP contribution in [0.3, 0.4) is 0 Å². The van der Waals surface area contributed by atoms with Gasteiger partial charge in [-0.15, -0.1) is 0 Å². The molecule has 2 fully saturated rings. The van der Waals surface area contributed by atoms with Gasteiger partial charge in [0, 0.05) is 13.1 Å². The number of anilines is 1. The molecule has 34 heavy (non-hydrogen) atoms. The van der Waals surface area contributed by atoms with E-state index in [2.05, 4.69) is 5.32 Å². The number of hydrogen-bond acceptors (Lipinski definition) is 5. The van der Waals surface area contributed by atoms with Crippen molar-refractivity contribution in [3.63, 3.8) is 0 Å². The second-order valence-corrected chi connectivity index (χ2v) is 10.3. The third-order valence-electron chi connectivity index (χ3n) is 6.38. The maximum absolute atomic E-state index is 15.4. The van der Waals surface area contributed by atoms with Crippen LogP contribution in [0.25, 0.3) is 5.52 Å². The van der Waals surface area contributed by atoms with Crippen molar-refractivity contribution in [3.05, 3.63) is 45.1 Å². The number of carbonyl (C=O) groups is 2. The zero-order valence-electron chi connectivity index (χ0n) is 19.7. The van der Waals surface area contributed by atoms with Gasteiger partial charge in [-0.05, 0) is 70.1 Å². The summed E-state index contributed by atoms with van der Waals surface area (Å²) in [5.41, 5.74) is -1.32. The Kier molecular flexibility index (Phi) is 5.81. The van der Waals surface area contributed by atoms with Crippen molar-refractivity contribution >= 4 is 23.3 Å². The number of carboxylic acids is 1. The van der Waals surface area contributed by atoms with Crippen LogP contribution in [0.2, 0.25) is 0 Å². The van der Waals surface area contributed by atoms with Crippen LogP contribution in [-0.4, -0.2) is 52.5 Å². The van der Waals surface area contributed by atoms with Crippen molar-refractivity contribution in [2.75, 3.05) is 24.7 Å². The summed E-state index contributed by atoms with van der Waals surface area (Å²) in [4.78, 5) is 38.3. The van der Waals surface area contributed by atoms with E-state index in [0.29, 0.717) is 16.6 Å². The number of hydrogen-bond donors (Lipinski definition) is 2. The standard InChI is InChI=1S/C24H29F2N3O5/c1-13-18-15(14-5-6-14)9-16(21(31)32)20(30)29(18)10-17(26)19(13)28-8-7-24(11-25,12-28)27-22(33)34-23(2,3)4/h9-10,14H,5-8,11-12H2,1-4H3,(H,27,33)(H,31,32). The van der Waals surface area contributed by atoms with E-state index >= 15 is 4.39 Å². The first kappa shape index (κ1) is 24.0. The van der Waals surface area contributed by atoms with Crippen LogP contribution in [0.15, 0.2) is 17.1 Å². The Morgan fingerprint density at radius 1 is 1.32 bits per heavy atom. The number of amides is 1. The van der Waals surface area contributed by atoms with Crippen molar-refractivity contribution in [1.29, 1.82) is 0 Å². The van der Waals surface area contributed by atoms with E-state index < -0.39 is 46.8 Å². The minimum atomic E-state index is -1.36. The van der Waals surface area contributed by atoms with Gasteiger partial charge in [-0.1, -0.05) is 0 Å². The summed E-state index contributed by atoms with van der Waals surface area (Å²) < 4.78 is 35.9. The molecule has 1 aliphatic carbocycles. The van der Waals surface area contributed by atoms with E-state index in [9.17, 15) is 23.9 Å². The molecule has 184 valence electrons.